The molecule has 0 radical (unpaired) electrons. The number of thiophene rings is 1. The largest absolute Gasteiger partial charge is 0.478 e. The first-order valence-electron chi connectivity index (χ1n) is 8.13. The lowest BCUT2D eigenvalue weighted by Gasteiger charge is -2.14. The number of imide groups is 1. The first-order valence-corrected chi connectivity index (χ1v) is 9.01. The van der Waals surface area contributed by atoms with Crippen molar-refractivity contribution in [2.45, 2.75) is 0 Å². The van der Waals surface area contributed by atoms with Crippen molar-refractivity contribution in [3.8, 4) is 11.1 Å². The van der Waals surface area contributed by atoms with Crippen LogP contribution in [-0.2, 0) is 0 Å². The van der Waals surface area contributed by atoms with Crippen molar-refractivity contribution >= 4 is 40.0 Å². The van der Waals surface area contributed by atoms with Crippen molar-refractivity contribution in [2.24, 2.45) is 5.73 Å². The number of anilines is 1. The van der Waals surface area contributed by atoms with Crippen LogP contribution in [-0.4, -0.2) is 28.8 Å². The number of carbonyl (C=O) groups is 4. The molecule has 7 nitrogen and oxygen atoms in total. The Hall–Kier alpha value is -3.78. The molecule has 4 rings (SSSR count). The van der Waals surface area contributed by atoms with Gasteiger partial charge in [-0.05, 0) is 23.8 Å². The molecule has 138 valence electrons. The van der Waals surface area contributed by atoms with Gasteiger partial charge in [0.15, 0.2) is 0 Å². The van der Waals surface area contributed by atoms with Crippen LogP contribution in [0, 0.1) is 0 Å². The Balaban J connectivity index is 1.91. The van der Waals surface area contributed by atoms with Crippen LogP contribution in [0.25, 0.3) is 11.1 Å². The monoisotopic (exact) mass is 392 g/mol. The number of primary amides is 1. The average molecular weight is 392 g/mol. The fourth-order valence-corrected chi connectivity index (χ4v) is 4.28. The molecular weight excluding hydrogens is 380 g/mol. The Labute approximate surface area is 162 Å². The van der Waals surface area contributed by atoms with E-state index in [-0.39, 0.29) is 32.8 Å². The lowest BCUT2D eigenvalue weighted by Crippen LogP contribution is -2.30. The summed E-state index contributed by atoms with van der Waals surface area (Å²) in [4.78, 5) is 50.2. The average Bonchev–Trinajstić information content (AvgIpc) is 3.22. The SMILES string of the molecule is NC(=O)c1ccccc1-c1csc(N2C(=O)c3ccccc3C2=O)c1C(=O)O. The minimum atomic E-state index is -1.32. The van der Waals surface area contributed by atoms with Crippen LogP contribution in [0.4, 0.5) is 5.00 Å². The molecule has 1 aromatic heterocycles. The number of rotatable bonds is 4. The molecule has 2 aromatic carbocycles. The molecule has 8 heteroatoms. The molecule has 2 heterocycles. The summed E-state index contributed by atoms with van der Waals surface area (Å²) in [5.41, 5.74) is 6.31. The molecule has 0 bridgehead atoms. The zero-order valence-electron chi connectivity index (χ0n) is 14.2. The number of nitrogens with zero attached hydrogens (tertiary/aromatic N) is 1. The maximum Gasteiger partial charge on any atom is 0.339 e. The van der Waals surface area contributed by atoms with Gasteiger partial charge in [0, 0.05) is 16.5 Å². The Morgan fingerprint density at radius 3 is 1.93 bits per heavy atom. The predicted octanol–water partition coefficient (Wildman–Crippen LogP) is 3.01. The Morgan fingerprint density at radius 1 is 0.857 bits per heavy atom. The van der Waals surface area contributed by atoms with Crippen LogP contribution in [0.2, 0.25) is 0 Å². The van der Waals surface area contributed by atoms with E-state index in [9.17, 15) is 24.3 Å². The van der Waals surface area contributed by atoms with Gasteiger partial charge in [-0.25, -0.2) is 9.69 Å². The van der Waals surface area contributed by atoms with Crippen molar-refractivity contribution in [1.29, 1.82) is 0 Å². The van der Waals surface area contributed by atoms with E-state index >= 15 is 0 Å². The number of hydrogen-bond acceptors (Lipinski definition) is 5. The Morgan fingerprint density at radius 2 is 1.39 bits per heavy atom. The first kappa shape index (κ1) is 17.6. The quantitative estimate of drug-likeness (QED) is 0.662. The summed E-state index contributed by atoms with van der Waals surface area (Å²) in [7, 11) is 0. The number of aromatic carboxylic acids is 1. The Bertz CT molecular complexity index is 1150. The second-order valence-corrected chi connectivity index (χ2v) is 6.89. The van der Waals surface area contributed by atoms with E-state index in [0.717, 1.165) is 16.2 Å². The second kappa shape index (κ2) is 6.43. The number of carboxylic acid groups (broad SMARTS) is 1. The van der Waals surface area contributed by atoms with Gasteiger partial charge < -0.3 is 10.8 Å². The lowest BCUT2D eigenvalue weighted by atomic mass is 9.98. The van der Waals surface area contributed by atoms with Gasteiger partial charge in [-0.2, -0.15) is 0 Å². The van der Waals surface area contributed by atoms with Crippen LogP contribution in [0.15, 0.2) is 53.9 Å². The summed E-state index contributed by atoms with van der Waals surface area (Å²) in [6.07, 6.45) is 0. The topological polar surface area (TPSA) is 118 Å². The molecule has 1 aliphatic rings. The number of amides is 3. The van der Waals surface area contributed by atoms with Gasteiger partial charge in [0.25, 0.3) is 11.8 Å². The van der Waals surface area contributed by atoms with Gasteiger partial charge in [-0.1, -0.05) is 30.3 Å². The summed E-state index contributed by atoms with van der Waals surface area (Å²) >= 11 is 0.946. The third-order valence-corrected chi connectivity index (χ3v) is 5.43. The minimum Gasteiger partial charge on any atom is -0.478 e. The normalized spacial score (nSPS) is 12.9. The fraction of sp³-hybridized carbons (Fsp3) is 0. The summed E-state index contributed by atoms with van der Waals surface area (Å²) in [6.45, 7) is 0. The predicted molar refractivity (Wildman–Crippen MR) is 103 cm³/mol. The zero-order chi connectivity index (χ0) is 20.0. The lowest BCUT2D eigenvalue weighted by molar-refractivity contribution is 0.0698. The highest BCUT2D eigenvalue weighted by atomic mass is 32.1. The van der Waals surface area contributed by atoms with E-state index in [1.807, 2.05) is 0 Å². The van der Waals surface area contributed by atoms with E-state index < -0.39 is 23.7 Å². The third kappa shape index (κ3) is 2.50. The highest BCUT2D eigenvalue weighted by Crippen LogP contribution is 2.41. The highest BCUT2D eigenvalue weighted by molar-refractivity contribution is 7.15. The van der Waals surface area contributed by atoms with E-state index in [1.165, 1.54) is 23.6 Å². The summed E-state index contributed by atoms with van der Waals surface area (Å²) in [6, 6.07) is 12.6. The van der Waals surface area contributed by atoms with Gasteiger partial charge in [0.1, 0.15) is 10.6 Å². The molecule has 0 saturated heterocycles. The molecule has 0 saturated carbocycles. The van der Waals surface area contributed by atoms with Gasteiger partial charge in [-0.15, -0.1) is 11.3 Å². The minimum absolute atomic E-state index is 0.00651. The van der Waals surface area contributed by atoms with Crippen LogP contribution >= 0.6 is 11.3 Å². The number of carbonyl (C=O) groups excluding carboxylic acids is 3. The van der Waals surface area contributed by atoms with Crippen molar-refractivity contribution in [3.63, 3.8) is 0 Å². The molecular formula is C20H12N2O5S. The number of benzene rings is 2. The second-order valence-electron chi connectivity index (χ2n) is 6.04. The molecule has 3 N–H and O–H groups in total. The standard InChI is InChI=1S/C20H12N2O5S/c21-16(23)11-6-2-1-5-10(11)14-9-28-19(15(14)20(26)27)22-17(24)12-7-3-4-8-13(12)18(22)25/h1-9H,(H2,21,23)(H,26,27). The van der Waals surface area contributed by atoms with Crippen molar-refractivity contribution in [1.82, 2.24) is 0 Å². The van der Waals surface area contributed by atoms with E-state index in [0.29, 0.717) is 5.56 Å². The Kier molecular flexibility index (Phi) is 4.05. The van der Waals surface area contributed by atoms with Crippen LogP contribution in [0.5, 0.6) is 0 Å². The third-order valence-electron chi connectivity index (χ3n) is 4.47. The van der Waals surface area contributed by atoms with Crippen molar-refractivity contribution in [3.05, 3.63) is 76.2 Å². The molecule has 3 amide bonds. The number of hydrogen-bond donors (Lipinski definition) is 2. The van der Waals surface area contributed by atoms with Gasteiger partial charge in [0.05, 0.1) is 11.1 Å². The fourth-order valence-electron chi connectivity index (χ4n) is 3.22. The molecule has 0 spiro atoms. The van der Waals surface area contributed by atoms with Crippen LogP contribution in [0.3, 0.4) is 0 Å². The van der Waals surface area contributed by atoms with E-state index in [1.54, 1.807) is 30.3 Å². The summed E-state index contributed by atoms with van der Waals surface area (Å²) < 4.78 is 0. The van der Waals surface area contributed by atoms with Crippen LogP contribution < -0.4 is 10.6 Å². The number of carboxylic acids is 1. The van der Waals surface area contributed by atoms with E-state index in [2.05, 4.69) is 0 Å². The highest BCUT2D eigenvalue weighted by Gasteiger charge is 2.40. The van der Waals surface area contributed by atoms with Gasteiger partial charge in [-0.3, -0.25) is 14.4 Å². The molecule has 1 aliphatic heterocycles. The molecule has 0 aliphatic carbocycles. The van der Waals surface area contributed by atoms with E-state index in [4.69, 9.17) is 5.73 Å². The molecule has 0 fully saturated rings. The number of nitrogens with two attached hydrogens (primary N) is 1. The number of fused-ring (bicyclic) bond motifs is 1. The summed E-state index contributed by atoms with van der Waals surface area (Å²) in [5, 5.41) is 11.3. The first-order chi connectivity index (χ1) is 13.4. The van der Waals surface area contributed by atoms with Crippen molar-refractivity contribution < 1.29 is 24.3 Å². The zero-order valence-corrected chi connectivity index (χ0v) is 15.0. The van der Waals surface area contributed by atoms with Crippen molar-refractivity contribution in [2.75, 3.05) is 4.90 Å². The molecule has 0 atom stereocenters. The van der Waals surface area contributed by atoms with Gasteiger partial charge >= 0.3 is 5.97 Å². The molecule has 28 heavy (non-hydrogen) atoms. The molecule has 3 aromatic rings. The van der Waals surface area contributed by atoms with Crippen LogP contribution in [0.1, 0.15) is 41.4 Å². The maximum atomic E-state index is 12.7. The maximum absolute atomic E-state index is 12.7. The summed E-state index contributed by atoms with van der Waals surface area (Å²) in [5.74, 6) is -3.19. The van der Waals surface area contributed by atoms with Gasteiger partial charge in [0.2, 0.25) is 5.91 Å². The smallest absolute Gasteiger partial charge is 0.339 e. The molecule has 0 unspecified atom stereocenters.